The molecule has 0 bridgehead atoms. The second-order valence-electron chi connectivity index (χ2n) is 4.97. The number of aliphatic imine (C=N–C) groups is 1. The molecule has 0 radical (unpaired) electrons. The van der Waals surface area contributed by atoms with Crippen molar-refractivity contribution < 1.29 is 24.2 Å². The summed E-state index contributed by atoms with van der Waals surface area (Å²) < 4.78 is 10.2. The van der Waals surface area contributed by atoms with Crippen molar-refractivity contribution in [1.82, 2.24) is 0 Å². The zero-order valence-corrected chi connectivity index (χ0v) is 12.7. The van der Waals surface area contributed by atoms with Crippen molar-refractivity contribution in [2.75, 3.05) is 7.11 Å². The summed E-state index contributed by atoms with van der Waals surface area (Å²) in [5.41, 5.74) is 1.49. The first-order valence-electron chi connectivity index (χ1n) is 7.05. The lowest BCUT2D eigenvalue weighted by Gasteiger charge is -2.01. The van der Waals surface area contributed by atoms with Gasteiger partial charge in [-0.05, 0) is 41.5 Å². The first-order valence-corrected chi connectivity index (χ1v) is 7.05. The Morgan fingerprint density at radius 1 is 1.12 bits per heavy atom. The van der Waals surface area contributed by atoms with Crippen LogP contribution in [-0.2, 0) is 9.53 Å². The van der Waals surface area contributed by atoms with Crippen molar-refractivity contribution in [3.8, 4) is 5.75 Å². The molecule has 0 aliphatic carbocycles. The molecular weight excluding hydrogens is 310 g/mol. The first-order chi connectivity index (χ1) is 11.6. The molecule has 0 amide bonds. The van der Waals surface area contributed by atoms with Crippen LogP contribution in [0, 0.1) is 0 Å². The van der Waals surface area contributed by atoms with Crippen LogP contribution >= 0.6 is 0 Å². The lowest BCUT2D eigenvalue weighted by Crippen LogP contribution is -2.21. The molecule has 120 valence electrons. The summed E-state index contributed by atoms with van der Waals surface area (Å²) in [7, 11) is 1.56. The molecule has 0 N–H and O–H groups in total. The Bertz CT molecular complexity index is 848. The van der Waals surface area contributed by atoms with Crippen LogP contribution in [0.15, 0.2) is 59.2 Å². The van der Waals surface area contributed by atoms with E-state index < -0.39 is 11.9 Å². The second-order valence-corrected chi connectivity index (χ2v) is 4.97. The Morgan fingerprint density at radius 2 is 1.79 bits per heavy atom. The highest BCUT2D eigenvalue weighted by Gasteiger charge is 2.24. The van der Waals surface area contributed by atoms with Crippen molar-refractivity contribution in [2.24, 2.45) is 4.99 Å². The Balaban J connectivity index is 1.86. The molecule has 2 aromatic rings. The fourth-order valence-corrected chi connectivity index (χ4v) is 2.14. The molecule has 0 saturated heterocycles. The second kappa shape index (κ2) is 6.37. The third-order valence-corrected chi connectivity index (χ3v) is 3.41. The van der Waals surface area contributed by atoms with E-state index in [1.165, 1.54) is 18.2 Å². The molecule has 0 spiro atoms. The third kappa shape index (κ3) is 3.17. The zero-order valence-electron chi connectivity index (χ0n) is 12.7. The minimum atomic E-state index is -1.26. The van der Waals surface area contributed by atoms with Gasteiger partial charge in [-0.3, -0.25) is 0 Å². The smallest absolute Gasteiger partial charge is 0.363 e. The summed E-state index contributed by atoms with van der Waals surface area (Å²) in [4.78, 5) is 26.8. The molecule has 1 aliphatic heterocycles. The van der Waals surface area contributed by atoms with Gasteiger partial charge in [0.1, 0.15) is 5.75 Å². The van der Waals surface area contributed by atoms with Gasteiger partial charge in [0.05, 0.1) is 13.1 Å². The number of carbonyl (C=O) groups excluding carboxylic acids is 2. The van der Waals surface area contributed by atoms with Crippen molar-refractivity contribution >= 4 is 23.9 Å². The molecule has 6 heteroatoms. The fourth-order valence-electron chi connectivity index (χ4n) is 2.14. The van der Waals surface area contributed by atoms with Crippen LogP contribution in [0.5, 0.6) is 5.75 Å². The van der Waals surface area contributed by atoms with E-state index in [1.54, 1.807) is 43.5 Å². The van der Waals surface area contributed by atoms with E-state index in [9.17, 15) is 14.7 Å². The van der Waals surface area contributed by atoms with E-state index in [0.717, 1.165) is 0 Å². The van der Waals surface area contributed by atoms with E-state index in [-0.39, 0.29) is 17.2 Å². The number of carboxylic acid groups (broad SMARTS) is 1. The van der Waals surface area contributed by atoms with Gasteiger partial charge in [0.2, 0.25) is 5.90 Å². The van der Waals surface area contributed by atoms with E-state index in [2.05, 4.69) is 4.99 Å². The Labute approximate surface area is 137 Å². The predicted molar refractivity (Wildman–Crippen MR) is 84.4 cm³/mol. The first kappa shape index (κ1) is 15.5. The Morgan fingerprint density at radius 3 is 2.38 bits per heavy atom. The van der Waals surface area contributed by atoms with Gasteiger partial charge in [-0.15, -0.1) is 0 Å². The molecule has 3 rings (SSSR count). The van der Waals surface area contributed by atoms with Crippen LogP contribution in [0.3, 0.4) is 0 Å². The van der Waals surface area contributed by atoms with Crippen molar-refractivity contribution in [3.63, 3.8) is 0 Å². The maximum Gasteiger partial charge on any atom is 0.363 e. The number of esters is 1. The monoisotopic (exact) mass is 322 g/mol. The number of benzene rings is 2. The SMILES string of the molecule is COc1ccc(C2=N/C(=C\c3ccc(C(=O)[O-])cc3)C(=O)O2)cc1. The number of rotatable bonds is 4. The van der Waals surface area contributed by atoms with E-state index in [1.807, 2.05) is 0 Å². The minimum absolute atomic E-state index is 0.0635. The summed E-state index contributed by atoms with van der Waals surface area (Å²) in [5.74, 6) is -0.924. The molecular formula is C18H12NO5-. The topological polar surface area (TPSA) is 88.0 Å². The highest BCUT2D eigenvalue weighted by molar-refractivity contribution is 6.12. The predicted octanol–water partition coefficient (Wildman–Crippen LogP) is 1.40. The minimum Gasteiger partial charge on any atom is -0.545 e. The van der Waals surface area contributed by atoms with Gasteiger partial charge in [0, 0.05) is 5.56 Å². The van der Waals surface area contributed by atoms with E-state index in [0.29, 0.717) is 16.9 Å². The van der Waals surface area contributed by atoms with Crippen LogP contribution in [-0.4, -0.2) is 24.9 Å². The van der Waals surface area contributed by atoms with Crippen LogP contribution in [0.25, 0.3) is 6.08 Å². The molecule has 0 aromatic heterocycles. The van der Waals surface area contributed by atoms with Gasteiger partial charge in [-0.2, -0.15) is 0 Å². The largest absolute Gasteiger partial charge is 0.545 e. The number of carbonyl (C=O) groups is 2. The van der Waals surface area contributed by atoms with Gasteiger partial charge < -0.3 is 19.4 Å². The molecule has 2 aromatic carbocycles. The maximum atomic E-state index is 11.9. The summed E-state index contributed by atoms with van der Waals surface area (Å²) in [5, 5.41) is 10.7. The number of methoxy groups -OCH3 is 1. The Hall–Kier alpha value is -3.41. The summed E-state index contributed by atoms with van der Waals surface area (Å²) in [6.45, 7) is 0. The number of nitrogens with zero attached hydrogens (tertiary/aromatic N) is 1. The molecule has 6 nitrogen and oxygen atoms in total. The van der Waals surface area contributed by atoms with Gasteiger partial charge in [-0.1, -0.05) is 24.3 Å². The molecule has 0 fully saturated rings. The molecule has 0 unspecified atom stereocenters. The van der Waals surface area contributed by atoms with Gasteiger partial charge >= 0.3 is 5.97 Å². The lowest BCUT2D eigenvalue weighted by molar-refractivity contribution is -0.255. The average molecular weight is 322 g/mol. The number of hydrogen-bond acceptors (Lipinski definition) is 6. The highest BCUT2D eigenvalue weighted by Crippen LogP contribution is 2.21. The van der Waals surface area contributed by atoms with Gasteiger partial charge in [-0.25, -0.2) is 9.79 Å². The van der Waals surface area contributed by atoms with Crippen LogP contribution < -0.4 is 9.84 Å². The van der Waals surface area contributed by atoms with Gasteiger partial charge in [0.25, 0.3) is 0 Å². The number of hydrogen-bond donors (Lipinski definition) is 0. The molecule has 24 heavy (non-hydrogen) atoms. The summed E-state index contributed by atoms with van der Waals surface area (Å²) in [6.07, 6.45) is 1.53. The molecule has 1 heterocycles. The van der Waals surface area contributed by atoms with Gasteiger partial charge in [0.15, 0.2) is 5.70 Å². The molecule has 0 saturated carbocycles. The van der Waals surface area contributed by atoms with Crippen LogP contribution in [0.4, 0.5) is 0 Å². The average Bonchev–Trinajstić information content (AvgIpc) is 2.96. The lowest BCUT2D eigenvalue weighted by atomic mass is 10.1. The van der Waals surface area contributed by atoms with E-state index in [4.69, 9.17) is 9.47 Å². The zero-order chi connectivity index (χ0) is 17.1. The maximum absolute atomic E-state index is 11.9. The molecule has 0 atom stereocenters. The Kier molecular flexibility index (Phi) is 4.11. The number of cyclic esters (lactones) is 1. The molecule has 1 aliphatic rings. The van der Waals surface area contributed by atoms with E-state index >= 15 is 0 Å². The number of ether oxygens (including phenoxy) is 2. The number of carboxylic acids is 1. The normalized spacial score (nSPS) is 15.1. The third-order valence-electron chi connectivity index (χ3n) is 3.41. The quantitative estimate of drug-likeness (QED) is 0.627. The fraction of sp³-hybridized carbons (Fsp3) is 0.0556. The summed E-state index contributed by atoms with van der Waals surface area (Å²) >= 11 is 0. The van der Waals surface area contributed by atoms with Crippen molar-refractivity contribution in [3.05, 3.63) is 70.9 Å². The van der Waals surface area contributed by atoms with Crippen LogP contribution in [0.2, 0.25) is 0 Å². The standard InChI is InChI=1S/C18H13NO5/c1-23-14-8-6-12(7-9-14)16-19-15(18(22)24-16)10-11-2-4-13(5-3-11)17(20)21/h2-10H,1H3,(H,20,21)/p-1/b15-10-. The highest BCUT2D eigenvalue weighted by atomic mass is 16.6. The van der Waals surface area contributed by atoms with Crippen molar-refractivity contribution in [2.45, 2.75) is 0 Å². The van der Waals surface area contributed by atoms with Crippen molar-refractivity contribution in [1.29, 1.82) is 0 Å². The number of aromatic carboxylic acids is 1. The van der Waals surface area contributed by atoms with Crippen LogP contribution in [0.1, 0.15) is 21.5 Å². The summed E-state index contributed by atoms with van der Waals surface area (Å²) in [6, 6.07) is 12.9.